The summed E-state index contributed by atoms with van der Waals surface area (Å²) < 4.78 is 0. The van der Waals surface area contributed by atoms with Crippen LogP contribution in [-0.4, -0.2) is 17.5 Å². The number of nitrogens with one attached hydrogen (secondary N) is 2. The molecule has 0 aliphatic carbocycles. The van der Waals surface area contributed by atoms with Crippen LogP contribution in [0.15, 0.2) is 23.3 Å². The molecule has 5 nitrogen and oxygen atoms in total. The summed E-state index contributed by atoms with van der Waals surface area (Å²) >= 11 is 0. The molecule has 0 radical (unpaired) electrons. The Kier molecular flexibility index (Phi) is 7.29. The number of aryl methyl sites for hydroxylation is 2. The molecule has 1 rings (SSSR count). The number of benzene rings is 1. The maximum atomic E-state index is 11.9. The summed E-state index contributed by atoms with van der Waals surface area (Å²) in [6, 6.07) is 5.88. The summed E-state index contributed by atoms with van der Waals surface area (Å²) in [5.41, 5.74) is 6.24. The second-order valence-electron chi connectivity index (χ2n) is 5.50. The summed E-state index contributed by atoms with van der Waals surface area (Å²) in [5, 5.41) is 6.82. The molecule has 0 spiro atoms. The minimum absolute atomic E-state index is 0.125. The molecule has 2 amide bonds. The Bertz CT molecular complexity index is 565. The number of amides is 2. The van der Waals surface area contributed by atoms with Crippen LogP contribution in [0.1, 0.15) is 50.7 Å². The lowest BCUT2D eigenvalue weighted by Crippen LogP contribution is -2.21. The van der Waals surface area contributed by atoms with E-state index in [4.69, 9.17) is 0 Å². The van der Waals surface area contributed by atoms with E-state index in [-0.39, 0.29) is 24.7 Å². The highest BCUT2D eigenvalue weighted by molar-refractivity contribution is 5.94. The summed E-state index contributed by atoms with van der Waals surface area (Å²) in [6.45, 7) is 7.83. The van der Waals surface area contributed by atoms with Crippen molar-refractivity contribution in [2.45, 2.75) is 53.4 Å². The van der Waals surface area contributed by atoms with Crippen molar-refractivity contribution in [2.24, 2.45) is 5.10 Å². The van der Waals surface area contributed by atoms with E-state index in [1.165, 1.54) is 0 Å². The van der Waals surface area contributed by atoms with Gasteiger partial charge in [-0.1, -0.05) is 25.5 Å². The van der Waals surface area contributed by atoms with Crippen molar-refractivity contribution in [3.05, 3.63) is 29.3 Å². The fraction of sp³-hybridized carbons (Fsp3) is 0.471. The first-order chi connectivity index (χ1) is 10.4. The molecule has 0 atom stereocenters. The summed E-state index contributed by atoms with van der Waals surface area (Å²) in [7, 11) is 0. The van der Waals surface area contributed by atoms with Crippen LogP contribution in [0.5, 0.6) is 0 Å². The summed E-state index contributed by atoms with van der Waals surface area (Å²) in [6.07, 6.45) is 2.11. The number of nitrogens with zero attached hydrogens (tertiary/aromatic N) is 1. The van der Waals surface area contributed by atoms with Gasteiger partial charge in [0, 0.05) is 24.2 Å². The smallest absolute Gasteiger partial charge is 0.240 e. The predicted octanol–water partition coefficient (Wildman–Crippen LogP) is 3.31. The zero-order chi connectivity index (χ0) is 16.5. The lowest BCUT2D eigenvalue weighted by molar-refractivity contribution is -0.124. The average molecular weight is 303 g/mol. The van der Waals surface area contributed by atoms with Crippen LogP contribution in [0.2, 0.25) is 0 Å². The molecule has 1 aromatic rings. The largest absolute Gasteiger partial charge is 0.326 e. The van der Waals surface area contributed by atoms with Crippen molar-refractivity contribution in [1.82, 2.24) is 5.43 Å². The van der Waals surface area contributed by atoms with Crippen molar-refractivity contribution in [1.29, 1.82) is 0 Å². The van der Waals surface area contributed by atoms with E-state index in [0.717, 1.165) is 35.4 Å². The van der Waals surface area contributed by atoms with Crippen LogP contribution in [0.3, 0.4) is 0 Å². The van der Waals surface area contributed by atoms with E-state index < -0.39 is 0 Å². The van der Waals surface area contributed by atoms with E-state index in [0.29, 0.717) is 0 Å². The van der Waals surface area contributed by atoms with E-state index in [2.05, 4.69) is 22.8 Å². The van der Waals surface area contributed by atoms with E-state index >= 15 is 0 Å². The Morgan fingerprint density at radius 2 is 1.77 bits per heavy atom. The highest BCUT2D eigenvalue weighted by Gasteiger charge is 2.08. The fourth-order valence-electron chi connectivity index (χ4n) is 1.94. The topological polar surface area (TPSA) is 70.6 Å². The van der Waals surface area contributed by atoms with Crippen molar-refractivity contribution in [3.63, 3.8) is 0 Å². The normalized spacial score (nSPS) is 11.2. The van der Waals surface area contributed by atoms with Crippen LogP contribution < -0.4 is 10.7 Å². The van der Waals surface area contributed by atoms with Gasteiger partial charge in [0.2, 0.25) is 11.8 Å². The Morgan fingerprint density at radius 1 is 1.09 bits per heavy atom. The first kappa shape index (κ1) is 17.9. The van der Waals surface area contributed by atoms with Crippen LogP contribution in [0.25, 0.3) is 0 Å². The van der Waals surface area contributed by atoms with Gasteiger partial charge in [-0.3, -0.25) is 9.59 Å². The molecule has 0 aromatic heterocycles. The third-order valence-corrected chi connectivity index (χ3v) is 3.23. The fourth-order valence-corrected chi connectivity index (χ4v) is 1.94. The van der Waals surface area contributed by atoms with Gasteiger partial charge < -0.3 is 5.32 Å². The third-order valence-electron chi connectivity index (χ3n) is 3.23. The second kappa shape index (κ2) is 8.97. The molecule has 0 aliphatic heterocycles. The Labute approximate surface area is 132 Å². The van der Waals surface area contributed by atoms with E-state index in [1.807, 2.05) is 39.0 Å². The summed E-state index contributed by atoms with van der Waals surface area (Å²) in [4.78, 5) is 23.5. The highest BCUT2D eigenvalue weighted by Crippen LogP contribution is 2.16. The molecule has 0 saturated heterocycles. The Morgan fingerprint density at radius 3 is 2.45 bits per heavy atom. The summed E-state index contributed by atoms with van der Waals surface area (Å²) in [5.74, 6) is -0.412. The second-order valence-corrected chi connectivity index (χ2v) is 5.50. The zero-order valence-electron chi connectivity index (χ0n) is 13.8. The zero-order valence-corrected chi connectivity index (χ0v) is 13.8. The van der Waals surface area contributed by atoms with Crippen LogP contribution in [-0.2, 0) is 9.59 Å². The number of hydrogen-bond acceptors (Lipinski definition) is 3. The molecular weight excluding hydrogens is 278 g/mol. The predicted molar refractivity (Wildman–Crippen MR) is 89.9 cm³/mol. The lowest BCUT2D eigenvalue weighted by Gasteiger charge is -2.09. The van der Waals surface area contributed by atoms with Gasteiger partial charge in [-0.05, 0) is 44.4 Å². The maximum absolute atomic E-state index is 11.9. The number of carbonyl (C=O) groups is 2. The first-order valence-corrected chi connectivity index (χ1v) is 7.61. The molecule has 0 unspecified atom stereocenters. The van der Waals surface area contributed by atoms with Crippen molar-refractivity contribution >= 4 is 23.2 Å². The molecule has 22 heavy (non-hydrogen) atoms. The monoisotopic (exact) mass is 303 g/mol. The van der Waals surface area contributed by atoms with Crippen LogP contribution in [0.4, 0.5) is 5.69 Å². The molecule has 0 fully saturated rings. The number of carbonyl (C=O) groups excluding carboxylic acids is 2. The molecule has 0 heterocycles. The molecule has 1 aromatic carbocycles. The Hall–Kier alpha value is -2.17. The lowest BCUT2D eigenvalue weighted by atomic mass is 10.1. The van der Waals surface area contributed by atoms with Gasteiger partial charge >= 0.3 is 0 Å². The molecule has 5 heteroatoms. The quantitative estimate of drug-likeness (QED) is 0.599. The van der Waals surface area contributed by atoms with Crippen molar-refractivity contribution in [3.8, 4) is 0 Å². The molecular formula is C17H25N3O2. The molecule has 2 N–H and O–H groups in total. The maximum Gasteiger partial charge on any atom is 0.240 e. The molecule has 0 bridgehead atoms. The number of anilines is 1. The minimum Gasteiger partial charge on any atom is -0.326 e. The highest BCUT2D eigenvalue weighted by atomic mass is 16.2. The number of rotatable bonds is 7. The van der Waals surface area contributed by atoms with E-state index in [9.17, 15) is 9.59 Å². The van der Waals surface area contributed by atoms with Crippen LogP contribution in [0, 0.1) is 13.8 Å². The SMILES string of the molecule is CCC/C(C)=N/NC(=O)CCC(=O)Nc1cc(C)ccc1C. The van der Waals surface area contributed by atoms with E-state index in [1.54, 1.807) is 0 Å². The average Bonchev–Trinajstić information content (AvgIpc) is 2.47. The third kappa shape index (κ3) is 6.52. The van der Waals surface area contributed by atoms with Crippen molar-refractivity contribution < 1.29 is 9.59 Å². The van der Waals surface area contributed by atoms with Gasteiger partial charge in [0.1, 0.15) is 0 Å². The van der Waals surface area contributed by atoms with Gasteiger partial charge in [0.25, 0.3) is 0 Å². The van der Waals surface area contributed by atoms with Gasteiger partial charge in [-0.25, -0.2) is 5.43 Å². The van der Waals surface area contributed by atoms with Crippen molar-refractivity contribution in [2.75, 3.05) is 5.32 Å². The van der Waals surface area contributed by atoms with Gasteiger partial charge in [-0.2, -0.15) is 5.10 Å². The Balaban J connectivity index is 2.41. The minimum atomic E-state index is -0.244. The molecule has 0 saturated carbocycles. The standard InChI is InChI=1S/C17H25N3O2/c1-5-6-14(4)19-20-17(22)10-9-16(21)18-15-11-12(2)7-8-13(15)3/h7-8,11H,5-6,9-10H2,1-4H3,(H,18,21)(H,20,22)/b19-14+. The van der Waals surface area contributed by atoms with Gasteiger partial charge in [-0.15, -0.1) is 0 Å². The van der Waals surface area contributed by atoms with Crippen LogP contribution >= 0.6 is 0 Å². The van der Waals surface area contributed by atoms with Gasteiger partial charge in [0.05, 0.1) is 0 Å². The molecule has 120 valence electrons. The molecule has 0 aliphatic rings. The number of hydrazone groups is 1. The van der Waals surface area contributed by atoms with Gasteiger partial charge in [0.15, 0.2) is 0 Å². The number of hydrogen-bond donors (Lipinski definition) is 2. The first-order valence-electron chi connectivity index (χ1n) is 7.61.